The monoisotopic (exact) mass is 501 g/mol. The van der Waals surface area contributed by atoms with Gasteiger partial charge in [0.15, 0.2) is 5.11 Å². The van der Waals surface area contributed by atoms with E-state index in [0.717, 1.165) is 35.1 Å². The zero-order chi connectivity index (χ0) is 24.4. The summed E-state index contributed by atoms with van der Waals surface area (Å²) in [6.07, 6.45) is 4.82. The van der Waals surface area contributed by atoms with E-state index in [4.69, 9.17) is 28.6 Å². The van der Waals surface area contributed by atoms with E-state index in [0.29, 0.717) is 28.2 Å². The van der Waals surface area contributed by atoms with Gasteiger partial charge in [0, 0.05) is 36.3 Å². The van der Waals surface area contributed by atoms with Crippen LogP contribution in [0.3, 0.4) is 0 Å². The molecular formula is C28H24ClN3O2S. The quantitative estimate of drug-likeness (QED) is 0.167. The van der Waals surface area contributed by atoms with Crippen molar-refractivity contribution >= 4 is 57.5 Å². The topological polar surface area (TPSA) is 37.7 Å². The largest absolute Gasteiger partial charge is 0.492 e. The van der Waals surface area contributed by atoms with Crippen LogP contribution < -0.4 is 9.64 Å². The van der Waals surface area contributed by atoms with E-state index in [1.54, 1.807) is 9.80 Å². The molecule has 1 aliphatic heterocycles. The number of aryl methyl sites for hydroxylation is 1. The van der Waals surface area contributed by atoms with Gasteiger partial charge in [-0.25, -0.2) is 0 Å². The van der Waals surface area contributed by atoms with Crippen molar-refractivity contribution in [3.63, 3.8) is 0 Å². The van der Waals surface area contributed by atoms with Crippen LogP contribution in [0.5, 0.6) is 5.75 Å². The van der Waals surface area contributed by atoms with E-state index >= 15 is 0 Å². The first-order chi connectivity index (χ1) is 17.0. The molecule has 0 radical (unpaired) electrons. The average molecular weight is 502 g/mol. The second-order valence-electron chi connectivity index (χ2n) is 8.27. The molecule has 4 aromatic rings. The first-order valence-electron chi connectivity index (χ1n) is 11.4. The summed E-state index contributed by atoms with van der Waals surface area (Å²) >= 11 is 11.8. The molecule has 5 rings (SSSR count). The van der Waals surface area contributed by atoms with Crippen LogP contribution in [0.2, 0.25) is 5.02 Å². The van der Waals surface area contributed by atoms with Crippen molar-refractivity contribution in [3.8, 4) is 5.75 Å². The summed E-state index contributed by atoms with van der Waals surface area (Å²) in [5.41, 5.74) is 3.38. The molecule has 1 amide bonds. The smallest absolute Gasteiger partial charge is 0.281 e. The second-order valence-corrected chi connectivity index (χ2v) is 9.05. The number of carbonyl (C=O) groups is 1. The zero-order valence-electron chi connectivity index (χ0n) is 19.2. The molecule has 1 aliphatic rings. The van der Waals surface area contributed by atoms with E-state index in [1.165, 1.54) is 0 Å². The van der Waals surface area contributed by atoms with Crippen LogP contribution in [-0.2, 0) is 11.3 Å². The van der Waals surface area contributed by atoms with Crippen molar-refractivity contribution in [3.05, 3.63) is 101 Å². The minimum atomic E-state index is -0.131. The van der Waals surface area contributed by atoms with Crippen molar-refractivity contribution in [2.45, 2.75) is 13.0 Å². The fourth-order valence-electron chi connectivity index (χ4n) is 4.26. The highest BCUT2D eigenvalue weighted by atomic mass is 35.5. The average Bonchev–Trinajstić information content (AvgIpc) is 3.33. The third-order valence-corrected chi connectivity index (χ3v) is 6.79. The fraction of sp³-hybridized carbons (Fsp3) is 0.143. The van der Waals surface area contributed by atoms with Crippen LogP contribution in [0.4, 0.5) is 5.69 Å². The molecule has 35 heavy (non-hydrogen) atoms. The molecule has 0 atom stereocenters. The number of anilines is 1. The lowest BCUT2D eigenvalue weighted by Crippen LogP contribution is -2.30. The molecule has 0 aliphatic carbocycles. The third kappa shape index (κ3) is 4.55. The summed E-state index contributed by atoms with van der Waals surface area (Å²) in [6.45, 7) is 1.32. The van der Waals surface area contributed by atoms with Gasteiger partial charge in [0.25, 0.3) is 5.91 Å². The summed E-state index contributed by atoms with van der Waals surface area (Å²) in [4.78, 5) is 16.7. The molecule has 1 aromatic heterocycles. The number of fused-ring (bicyclic) bond motifs is 1. The predicted molar refractivity (Wildman–Crippen MR) is 146 cm³/mol. The third-order valence-electron chi connectivity index (χ3n) is 6.03. The summed E-state index contributed by atoms with van der Waals surface area (Å²) in [6, 6.07) is 25.2. The maximum atomic E-state index is 13.3. The van der Waals surface area contributed by atoms with Crippen molar-refractivity contribution in [2.24, 2.45) is 0 Å². The molecule has 1 saturated heterocycles. The van der Waals surface area contributed by atoms with Gasteiger partial charge in [0.05, 0.1) is 17.3 Å². The van der Waals surface area contributed by atoms with Gasteiger partial charge in [0.1, 0.15) is 11.4 Å². The van der Waals surface area contributed by atoms with Gasteiger partial charge < -0.3 is 14.2 Å². The Morgan fingerprint density at radius 1 is 0.971 bits per heavy atom. The Balaban J connectivity index is 1.39. The Morgan fingerprint density at radius 2 is 1.69 bits per heavy atom. The molecule has 5 nitrogen and oxygen atoms in total. The predicted octanol–water partition coefficient (Wildman–Crippen LogP) is 6.37. The normalized spacial score (nSPS) is 15.0. The van der Waals surface area contributed by atoms with Crippen molar-refractivity contribution in [2.75, 3.05) is 18.6 Å². The van der Waals surface area contributed by atoms with Crippen LogP contribution in [0.1, 0.15) is 12.0 Å². The molecule has 176 valence electrons. The maximum Gasteiger partial charge on any atom is 0.281 e. The van der Waals surface area contributed by atoms with E-state index in [-0.39, 0.29) is 5.91 Å². The molecule has 3 aromatic carbocycles. The van der Waals surface area contributed by atoms with E-state index in [2.05, 4.69) is 22.9 Å². The number of likely N-dealkylation sites (N-methyl/N-ethyl adjacent to an activating group) is 1. The van der Waals surface area contributed by atoms with Gasteiger partial charge in [-0.3, -0.25) is 9.69 Å². The van der Waals surface area contributed by atoms with Gasteiger partial charge in [0.2, 0.25) is 0 Å². The Hall–Kier alpha value is -3.61. The van der Waals surface area contributed by atoms with Crippen LogP contribution in [0.25, 0.3) is 17.0 Å². The van der Waals surface area contributed by atoms with Gasteiger partial charge in [-0.05, 0) is 55.0 Å². The second kappa shape index (κ2) is 9.94. The molecule has 0 spiro atoms. The first kappa shape index (κ1) is 23.1. The van der Waals surface area contributed by atoms with Crippen molar-refractivity contribution in [1.29, 1.82) is 0 Å². The molecule has 1 fully saturated rings. The highest BCUT2D eigenvalue weighted by molar-refractivity contribution is 7.80. The van der Waals surface area contributed by atoms with Gasteiger partial charge in [-0.15, -0.1) is 0 Å². The number of halogens is 1. The molecule has 0 bridgehead atoms. The number of carbonyl (C=O) groups excluding carboxylic acids is 1. The molecular weight excluding hydrogens is 478 g/mol. The van der Waals surface area contributed by atoms with E-state index < -0.39 is 0 Å². The van der Waals surface area contributed by atoms with Crippen LogP contribution in [-0.4, -0.2) is 34.1 Å². The summed E-state index contributed by atoms with van der Waals surface area (Å²) in [5, 5.41) is 2.16. The summed E-state index contributed by atoms with van der Waals surface area (Å²) in [7, 11) is 1.83. The summed E-state index contributed by atoms with van der Waals surface area (Å²) < 4.78 is 8.05. The minimum absolute atomic E-state index is 0.131. The minimum Gasteiger partial charge on any atom is -0.492 e. The van der Waals surface area contributed by atoms with Crippen LogP contribution in [0, 0.1) is 0 Å². The Morgan fingerprint density at radius 3 is 2.49 bits per heavy atom. The lowest BCUT2D eigenvalue weighted by molar-refractivity contribution is -0.114. The Bertz CT molecular complexity index is 1430. The first-order valence-corrected chi connectivity index (χ1v) is 12.2. The fourth-order valence-corrected chi connectivity index (χ4v) is 4.74. The number of ether oxygens (including phenoxy) is 1. The highest BCUT2D eigenvalue weighted by Gasteiger charge is 2.36. The summed E-state index contributed by atoms with van der Waals surface area (Å²) in [5.74, 6) is 0.562. The number of para-hydroxylation sites is 3. The van der Waals surface area contributed by atoms with Crippen molar-refractivity contribution in [1.82, 2.24) is 9.47 Å². The standard InChI is InChI=1S/C28H24ClN3O2S/c1-30-25(27(33)32(28(30)35)21-10-3-2-4-11-21)18-20-19-31(24-14-7-5-12-22(20)24)16-9-17-34-26-15-8-6-13-23(26)29/h2-8,10-15,18-19H,9,16-17H2,1H3/b25-18-. The molecule has 7 heteroatoms. The molecule has 2 heterocycles. The lowest BCUT2D eigenvalue weighted by Gasteiger charge is -2.16. The Kier molecular flexibility index (Phi) is 6.57. The number of rotatable bonds is 7. The number of benzene rings is 3. The van der Waals surface area contributed by atoms with Crippen molar-refractivity contribution < 1.29 is 9.53 Å². The number of nitrogens with zero attached hydrogens (tertiary/aromatic N) is 3. The van der Waals surface area contributed by atoms with Gasteiger partial charge in [-0.1, -0.05) is 60.1 Å². The van der Waals surface area contributed by atoms with E-state index in [9.17, 15) is 4.79 Å². The number of hydrogen-bond donors (Lipinski definition) is 0. The highest BCUT2D eigenvalue weighted by Crippen LogP contribution is 2.30. The molecule has 0 saturated carbocycles. The number of aromatic nitrogens is 1. The van der Waals surface area contributed by atoms with Crippen LogP contribution in [0.15, 0.2) is 90.8 Å². The van der Waals surface area contributed by atoms with E-state index in [1.807, 2.05) is 79.9 Å². The number of amides is 1. The maximum absolute atomic E-state index is 13.3. The SMILES string of the molecule is CN1C(=S)N(c2ccccc2)C(=O)/C1=C/c1cn(CCCOc2ccccc2Cl)c2ccccc12. The lowest BCUT2D eigenvalue weighted by atomic mass is 10.1. The molecule has 0 N–H and O–H groups in total. The van der Waals surface area contributed by atoms with Crippen LogP contribution >= 0.6 is 23.8 Å². The zero-order valence-corrected chi connectivity index (χ0v) is 20.8. The number of hydrogen-bond acceptors (Lipinski definition) is 3. The van der Waals surface area contributed by atoms with Gasteiger partial charge in [-0.2, -0.15) is 0 Å². The molecule has 0 unspecified atom stereocenters. The van der Waals surface area contributed by atoms with Gasteiger partial charge >= 0.3 is 0 Å². The number of thiocarbonyl (C=S) groups is 1. The Labute approximate surface area is 214 Å².